The molecule has 0 bridgehead atoms. The molecule has 0 saturated carbocycles. The number of nitrogens with two attached hydrogens (primary N) is 2. The monoisotopic (exact) mass is 159 g/mol. The van der Waals surface area contributed by atoms with E-state index in [9.17, 15) is 4.79 Å². The molecular weight excluding hydrogens is 142 g/mol. The number of rotatable bonds is 3. The summed E-state index contributed by atoms with van der Waals surface area (Å²) in [6, 6.07) is -0.522. The number of carbonyl (C=O) groups excluding carboxylic acids is 1. The van der Waals surface area contributed by atoms with Gasteiger partial charge in [0.1, 0.15) is 0 Å². The van der Waals surface area contributed by atoms with Gasteiger partial charge in [0.05, 0.1) is 5.54 Å². The first kappa shape index (κ1) is 10.2. The Morgan fingerprint density at radius 2 is 2.09 bits per heavy atom. The molecule has 2 amide bonds. The first-order valence-corrected chi connectivity index (χ1v) is 3.70. The van der Waals surface area contributed by atoms with E-state index in [2.05, 4.69) is 5.32 Å². The molecule has 0 aromatic carbocycles. The van der Waals surface area contributed by atoms with Crippen molar-refractivity contribution >= 4 is 6.03 Å². The molecular formula is C7H17N3O. The molecule has 0 spiro atoms. The lowest BCUT2D eigenvalue weighted by Gasteiger charge is -2.32. The van der Waals surface area contributed by atoms with Gasteiger partial charge in [-0.05, 0) is 12.8 Å². The standard InChI is InChI=1S/C7H17N3O/c1-5(2)7(3,4-8)10-6(9)11/h5H,4,8H2,1-3H3,(H3,9,10,11). The van der Waals surface area contributed by atoms with E-state index in [1.54, 1.807) is 0 Å². The Morgan fingerprint density at radius 3 is 2.18 bits per heavy atom. The Balaban J connectivity index is 4.22. The zero-order valence-electron chi connectivity index (χ0n) is 7.35. The second kappa shape index (κ2) is 3.57. The normalized spacial score (nSPS) is 16.1. The summed E-state index contributed by atoms with van der Waals surface area (Å²) in [5, 5.41) is 2.62. The summed E-state index contributed by atoms with van der Waals surface area (Å²) < 4.78 is 0. The highest BCUT2D eigenvalue weighted by Crippen LogP contribution is 2.13. The summed E-state index contributed by atoms with van der Waals surface area (Å²) in [5.41, 5.74) is 10.1. The van der Waals surface area contributed by atoms with E-state index in [-0.39, 0.29) is 11.5 Å². The van der Waals surface area contributed by atoms with Gasteiger partial charge >= 0.3 is 6.03 Å². The molecule has 0 aliphatic heterocycles. The summed E-state index contributed by atoms with van der Waals surface area (Å²) in [6.45, 7) is 6.25. The number of urea groups is 1. The smallest absolute Gasteiger partial charge is 0.312 e. The van der Waals surface area contributed by atoms with Crippen molar-refractivity contribution in [1.82, 2.24) is 5.32 Å². The van der Waals surface area contributed by atoms with Gasteiger partial charge in [-0.2, -0.15) is 0 Å². The maximum atomic E-state index is 10.5. The van der Waals surface area contributed by atoms with Crippen LogP contribution in [-0.2, 0) is 0 Å². The Labute approximate surface area is 67.3 Å². The number of nitrogens with one attached hydrogen (secondary N) is 1. The topological polar surface area (TPSA) is 81.1 Å². The third kappa shape index (κ3) is 2.76. The van der Waals surface area contributed by atoms with Crippen molar-refractivity contribution in [3.05, 3.63) is 0 Å². The van der Waals surface area contributed by atoms with Crippen LogP contribution in [-0.4, -0.2) is 18.1 Å². The molecule has 0 saturated heterocycles. The van der Waals surface area contributed by atoms with E-state index >= 15 is 0 Å². The second-order valence-corrected chi connectivity index (χ2v) is 3.27. The van der Waals surface area contributed by atoms with Gasteiger partial charge < -0.3 is 16.8 Å². The van der Waals surface area contributed by atoms with Gasteiger partial charge in [-0.1, -0.05) is 13.8 Å². The third-order valence-corrected chi connectivity index (χ3v) is 2.11. The Bertz CT molecular complexity index is 147. The summed E-state index contributed by atoms with van der Waals surface area (Å²) in [5.74, 6) is 0.278. The fraction of sp³-hybridized carbons (Fsp3) is 0.857. The molecule has 0 rings (SSSR count). The lowest BCUT2D eigenvalue weighted by atomic mass is 9.89. The molecule has 0 fully saturated rings. The van der Waals surface area contributed by atoms with Crippen molar-refractivity contribution in [2.24, 2.45) is 17.4 Å². The van der Waals surface area contributed by atoms with Crippen molar-refractivity contribution in [3.8, 4) is 0 Å². The minimum atomic E-state index is -0.522. The van der Waals surface area contributed by atoms with Crippen LogP contribution < -0.4 is 16.8 Å². The molecule has 11 heavy (non-hydrogen) atoms. The second-order valence-electron chi connectivity index (χ2n) is 3.27. The average Bonchev–Trinajstić information content (AvgIpc) is 1.86. The molecule has 1 atom stereocenters. The van der Waals surface area contributed by atoms with Crippen LogP contribution in [0.1, 0.15) is 20.8 Å². The predicted octanol–water partition coefficient (Wildman–Crippen LogP) is 0.0281. The van der Waals surface area contributed by atoms with Crippen LogP contribution in [0.5, 0.6) is 0 Å². The number of amides is 2. The summed E-state index contributed by atoms with van der Waals surface area (Å²) in [6.07, 6.45) is 0. The first-order chi connectivity index (χ1) is 4.92. The van der Waals surface area contributed by atoms with Crippen LogP contribution in [0, 0.1) is 5.92 Å². The molecule has 0 aromatic heterocycles. The number of primary amides is 1. The van der Waals surface area contributed by atoms with Gasteiger partial charge in [0.2, 0.25) is 0 Å². The van der Waals surface area contributed by atoms with E-state index in [1.165, 1.54) is 0 Å². The molecule has 0 aromatic rings. The average molecular weight is 159 g/mol. The molecule has 0 aliphatic rings. The van der Waals surface area contributed by atoms with E-state index in [1.807, 2.05) is 20.8 Å². The molecule has 1 unspecified atom stereocenters. The summed E-state index contributed by atoms with van der Waals surface area (Å²) in [4.78, 5) is 10.5. The fourth-order valence-corrected chi connectivity index (χ4v) is 0.713. The Kier molecular flexibility index (Phi) is 3.32. The number of carbonyl (C=O) groups is 1. The van der Waals surface area contributed by atoms with Crippen molar-refractivity contribution in [2.45, 2.75) is 26.3 Å². The lowest BCUT2D eigenvalue weighted by Crippen LogP contribution is -2.56. The largest absolute Gasteiger partial charge is 0.352 e. The van der Waals surface area contributed by atoms with Crippen LogP contribution in [0.15, 0.2) is 0 Å². The highest BCUT2D eigenvalue weighted by atomic mass is 16.2. The van der Waals surface area contributed by atoms with Crippen molar-refractivity contribution in [2.75, 3.05) is 6.54 Å². The van der Waals surface area contributed by atoms with Crippen LogP contribution in [0.25, 0.3) is 0 Å². The maximum absolute atomic E-state index is 10.5. The molecule has 0 aliphatic carbocycles. The third-order valence-electron chi connectivity index (χ3n) is 2.11. The minimum Gasteiger partial charge on any atom is -0.352 e. The number of hydrogen-bond donors (Lipinski definition) is 3. The molecule has 0 heterocycles. The van der Waals surface area contributed by atoms with Crippen LogP contribution in [0.3, 0.4) is 0 Å². The van der Waals surface area contributed by atoms with Crippen LogP contribution in [0.4, 0.5) is 4.79 Å². The van der Waals surface area contributed by atoms with Gasteiger partial charge in [0.15, 0.2) is 0 Å². The van der Waals surface area contributed by atoms with Crippen LogP contribution >= 0.6 is 0 Å². The molecule has 0 radical (unpaired) electrons. The number of hydrogen-bond acceptors (Lipinski definition) is 2. The van der Waals surface area contributed by atoms with E-state index in [0.717, 1.165) is 0 Å². The van der Waals surface area contributed by atoms with Crippen molar-refractivity contribution < 1.29 is 4.79 Å². The van der Waals surface area contributed by atoms with E-state index in [4.69, 9.17) is 11.5 Å². The lowest BCUT2D eigenvalue weighted by molar-refractivity contribution is 0.222. The Morgan fingerprint density at radius 1 is 1.64 bits per heavy atom. The summed E-state index contributed by atoms with van der Waals surface area (Å²) in [7, 11) is 0. The Hall–Kier alpha value is -0.770. The minimum absolute atomic E-state index is 0.278. The zero-order valence-corrected chi connectivity index (χ0v) is 7.35. The quantitative estimate of drug-likeness (QED) is 0.543. The van der Waals surface area contributed by atoms with Crippen molar-refractivity contribution in [1.29, 1.82) is 0 Å². The van der Waals surface area contributed by atoms with Gasteiger partial charge in [-0.15, -0.1) is 0 Å². The molecule has 66 valence electrons. The first-order valence-electron chi connectivity index (χ1n) is 3.70. The summed E-state index contributed by atoms with van der Waals surface area (Å²) >= 11 is 0. The molecule has 5 N–H and O–H groups in total. The molecule has 4 nitrogen and oxygen atoms in total. The molecule has 4 heteroatoms. The predicted molar refractivity (Wildman–Crippen MR) is 45.0 cm³/mol. The van der Waals surface area contributed by atoms with Crippen molar-refractivity contribution in [3.63, 3.8) is 0 Å². The van der Waals surface area contributed by atoms with Gasteiger partial charge in [-0.3, -0.25) is 0 Å². The fourth-order valence-electron chi connectivity index (χ4n) is 0.713. The van der Waals surface area contributed by atoms with Gasteiger partial charge in [0, 0.05) is 6.54 Å². The van der Waals surface area contributed by atoms with E-state index in [0.29, 0.717) is 6.54 Å². The van der Waals surface area contributed by atoms with E-state index < -0.39 is 6.03 Å². The zero-order chi connectivity index (χ0) is 9.07. The highest BCUT2D eigenvalue weighted by molar-refractivity contribution is 5.72. The highest BCUT2D eigenvalue weighted by Gasteiger charge is 2.27. The van der Waals surface area contributed by atoms with Gasteiger partial charge in [0.25, 0.3) is 0 Å². The maximum Gasteiger partial charge on any atom is 0.312 e. The SMILES string of the molecule is CC(C)C(C)(CN)NC(N)=O. The van der Waals surface area contributed by atoms with Gasteiger partial charge in [-0.25, -0.2) is 4.79 Å². The van der Waals surface area contributed by atoms with Crippen LogP contribution in [0.2, 0.25) is 0 Å².